The lowest BCUT2D eigenvalue weighted by atomic mass is 10.2. The molecule has 1 unspecified atom stereocenters. The van der Waals surface area contributed by atoms with Crippen LogP contribution < -0.4 is 5.73 Å². The van der Waals surface area contributed by atoms with Gasteiger partial charge in [-0.2, -0.15) is 5.26 Å². The minimum absolute atomic E-state index is 0.181. The summed E-state index contributed by atoms with van der Waals surface area (Å²) < 4.78 is 25.3. The van der Waals surface area contributed by atoms with E-state index in [0.717, 1.165) is 0 Å². The highest BCUT2D eigenvalue weighted by Crippen LogP contribution is 2.17. The van der Waals surface area contributed by atoms with Crippen molar-refractivity contribution in [2.24, 2.45) is 0 Å². The van der Waals surface area contributed by atoms with Crippen LogP contribution in [0.4, 0.5) is 10.1 Å². The van der Waals surface area contributed by atoms with Crippen molar-refractivity contribution >= 4 is 16.5 Å². The number of aromatic nitrogens is 1. The molecule has 4 nitrogen and oxygen atoms in total. The van der Waals surface area contributed by atoms with Crippen LogP contribution in [0.2, 0.25) is 0 Å². The molecule has 2 aromatic rings. The van der Waals surface area contributed by atoms with E-state index in [1.54, 1.807) is 12.1 Å². The summed E-state index contributed by atoms with van der Waals surface area (Å²) in [6.07, 6.45) is 1.48. The quantitative estimate of drug-likeness (QED) is 0.869. The topological polar surface area (TPSA) is 79.8 Å². The molecule has 0 amide bonds. The molecule has 6 heteroatoms. The molecule has 1 aromatic carbocycles. The molecular formula is C13H10FN3OS. The SMILES string of the molecule is N#Cc1cc(CS(=O)c2cc(N)cc(F)c2)ccn1. The Morgan fingerprint density at radius 1 is 1.37 bits per heavy atom. The van der Waals surface area contributed by atoms with E-state index in [2.05, 4.69) is 4.98 Å². The summed E-state index contributed by atoms with van der Waals surface area (Å²) in [6, 6.07) is 8.97. The molecule has 0 aliphatic rings. The minimum Gasteiger partial charge on any atom is -0.399 e. The second-order valence-electron chi connectivity index (χ2n) is 3.87. The number of rotatable bonds is 3. The van der Waals surface area contributed by atoms with Gasteiger partial charge in [0.1, 0.15) is 17.6 Å². The van der Waals surface area contributed by atoms with Crippen molar-refractivity contribution in [3.8, 4) is 6.07 Å². The number of nitriles is 1. The van der Waals surface area contributed by atoms with E-state index in [0.29, 0.717) is 10.5 Å². The second kappa shape index (κ2) is 5.59. The van der Waals surface area contributed by atoms with Crippen LogP contribution >= 0.6 is 0 Å². The maximum atomic E-state index is 13.2. The molecule has 0 spiro atoms. The molecule has 2 N–H and O–H groups in total. The first-order valence-electron chi connectivity index (χ1n) is 5.38. The summed E-state index contributed by atoms with van der Waals surface area (Å²) in [5, 5.41) is 8.73. The first kappa shape index (κ1) is 13.2. The van der Waals surface area contributed by atoms with E-state index in [4.69, 9.17) is 11.0 Å². The number of anilines is 1. The van der Waals surface area contributed by atoms with Crippen LogP contribution in [0.3, 0.4) is 0 Å². The van der Waals surface area contributed by atoms with Gasteiger partial charge >= 0.3 is 0 Å². The van der Waals surface area contributed by atoms with Crippen LogP contribution in [0.1, 0.15) is 11.3 Å². The summed E-state index contributed by atoms with van der Waals surface area (Å²) in [4.78, 5) is 4.15. The highest BCUT2D eigenvalue weighted by atomic mass is 32.2. The molecule has 0 aliphatic carbocycles. The average Bonchev–Trinajstić information content (AvgIpc) is 2.37. The van der Waals surface area contributed by atoms with Crippen LogP contribution in [-0.4, -0.2) is 9.19 Å². The van der Waals surface area contributed by atoms with Gasteiger partial charge in [0.2, 0.25) is 0 Å². The van der Waals surface area contributed by atoms with Gasteiger partial charge in [0.25, 0.3) is 0 Å². The molecule has 0 saturated heterocycles. The van der Waals surface area contributed by atoms with Crippen LogP contribution in [0, 0.1) is 17.1 Å². The van der Waals surface area contributed by atoms with Gasteiger partial charge in [0, 0.05) is 16.8 Å². The molecule has 1 atom stereocenters. The number of hydrogen-bond donors (Lipinski definition) is 1. The Morgan fingerprint density at radius 2 is 2.16 bits per heavy atom. The number of benzene rings is 1. The van der Waals surface area contributed by atoms with E-state index in [1.165, 1.54) is 24.4 Å². The number of nitrogen functional groups attached to an aromatic ring is 1. The monoisotopic (exact) mass is 275 g/mol. The van der Waals surface area contributed by atoms with E-state index >= 15 is 0 Å². The zero-order valence-corrected chi connectivity index (χ0v) is 10.7. The van der Waals surface area contributed by atoms with Crippen molar-refractivity contribution in [2.45, 2.75) is 10.6 Å². The Balaban J connectivity index is 2.23. The lowest BCUT2D eigenvalue weighted by Gasteiger charge is -2.04. The smallest absolute Gasteiger partial charge is 0.140 e. The van der Waals surface area contributed by atoms with Crippen molar-refractivity contribution in [3.63, 3.8) is 0 Å². The van der Waals surface area contributed by atoms with Gasteiger partial charge in [0.05, 0.1) is 16.6 Å². The summed E-state index contributed by atoms with van der Waals surface area (Å²) >= 11 is 0. The van der Waals surface area contributed by atoms with Gasteiger partial charge in [-0.25, -0.2) is 9.37 Å². The zero-order valence-electron chi connectivity index (χ0n) is 9.84. The maximum Gasteiger partial charge on any atom is 0.140 e. The fourth-order valence-corrected chi connectivity index (χ4v) is 2.74. The minimum atomic E-state index is -1.42. The van der Waals surface area contributed by atoms with E-state index < -0.39 is 16.6 Å². The molecule has 1 heterocycles. The lowest BCUT2D eigenvalue weighted by molar-refractivity contribution is 0.623. The van der Waals surface area contributed by atoms with Gasteiger partial charge in [0.15, 0.2) is 0 Å². The standard InChI is InChI=1S/C13H10FN3OS/c14-10-4-11(16)6-13(5-10)19(18)8-9-1-2-17-12(3-9)7-15/h1-6H,8,16H2. The van der Waals surface area contributed by atoms with Gasteiger partial charge < -0.3 is 5.73 Å². The summed E-state index contributed by atoms with van der Waals surface area (Å²) in [5.41, 5.74) is 6.70. The first-order valence-corrected chi connectivity index (χ1v) is 6.70. The van der Waals surface area contributed by atoms with Crippen molar-refractivity contribution in [2.75, 3.05) is 5.73 Å². The molecular weight excluding hydrogens is 265 g/mol. The van der Waals surface area contributed by atoms with E-state index in [1.807, 2.05) is 6.07 Å². The lowest BCUT2D eigenvalue weighted by Crippen LogP contribution is -1.99. The molecule has 0 saturated carbocycles. The van der Waals surface area contributed by atoms with E-state index in [9.17, 15) is 8.60 Å². The molecule has 0 fully saturated rings. The van der Waals surface area contributed by atoms with Gasteiger partial charge in [-0.1, -0.05) is 0 Å². The maximum absolute atomic E-state index is 13.2. The fraction of sp³-hybridized carbons (Fsp3) is 0.0769. The Morgan fingerprint density at radius 3 is 2.84 bits per heavy atom. The molecule has 19 heavy (non-hydrogen) atoms. The van der Waals surface area contributed by atoms with Crippen LogP contribution in [0.5, 0.6) is 0 Å². The molecule has 2 rings (SSSR count). The number of halogens is 1. The normalized spacial score (nSPS) is 11.8. The molecule has 0 bridgehead atoms. The average molecular weight is 275 g/mol. The van der Waals surface area contributed by atoms with Gasteiger partial charge in [-0.15, -0.1) is 0 Å². The molecule has 0 radical (unpaired) electrons. The number of nitrogens with two attached hydrogens (primary N) is 1. The highest BCUT2D eigenvalue weighted by molar-refractivity contribution is 7.84. The Kier molecular flexibility index (Phi) is 3.88. The molecule has 1 aromatic heterocycles. The third kappa shape index (κ3) is 3.36. The van der Waals surface area contributed by atoms with Crippen molar-refractivity contribution < 1.29 is 8.60 Å². The zero-order chi connectivity index (χ0) is 13.8. The molecule has 96 valence electrons. The predicted molar refractivity (Wildman–Crippen MR) is 69.9 cm³/mol. The van der Waals surface area contributed by atoms with Crippen LogP contribution in [-0.2, 0) is 16.6 Å². The Labute approximate surface area is 112 Å². The third-order valence-electron chi connectivity index (χ3n) is 2.39. The summed E-state index contributed by atoms with van der Waals surface area (Å²) in [5.74, 6) is -0.337. The Bertz CT molecular complexity index is 662. The van der Waals surface area contributed by atoms with Crippen LogP contribution in [0.25, 0.3) is 0 Å². The van der Waals surface area contributed by atoms with E-state index in [-0.39, 0.29) is 17.1 Å². The van der Waals surface area contributed by atoms with Gasteiger partial charge in [-0.3, -0.25) is 4.21 Å². The number of pyridine rings is 1. The second-order valence-corrected chi connectivity index (χ2v) is 5.32. The predicted octanol–water partition coefficient (Wildman–Crippen LogP) is 1.98. The van der Waals surface area contributed by atoms with Crippen molar-refractivity contribution in [1.82, 2.24) is 4.98 Å². The van der Waals surface area contributed by atoms with Gasteiger partial charge in [-0.05, 0) is 35.9 Å². The fourth-order valence-electron chi connectivity index (χ4n) is 1.58. The summed E-state index contributed by atoms with van der Waals surface area (Å²) in [7, 11) is -1.42. The number of hydrogen-bond acceptors (Lipinski definition) is 4. The first-order chi connectivity index (χ1) is 9.08. The van der Waals surface area contributed by atoms with Crippen molar-refractivity contribution in [1.29, 1.82) is 5.26 Å². The third-order valence-corrected chi connectivity index (χ3v) is 3.75. The Hall–Kier alpha value is -2.26. The summed E-state index contributed by atoms with van der Waals surface area (Å²) in [6.45, 7) is 0. The number of nitrogens with zero attached hydrogens (tertiary/aromatic N) is 2. The largest absolute Gasteiger partial charge is 0.399 e. The van der Waals surface area contributed by atoms with Crippen LogP contribution in [0.15, 0.2) is 41.4 Å². The molecule has 0 aliphatic heterocycles. The van der Waals surface area contributed by atoms with Crippen molar-refractivity contribution in [3.05, 3.63) is 53.6 Å². The highest BCUT2D eigenvalue weighted by Gasteiger charge is 2.08.